The minimum absolute atomic E-state index is 0.757. The number of rotatable bonds is 4. The molecule has 0 spiro atoms. The van der Waals surface area contributed by atoms with E-state index in [1.54, 1.807) is 5.56 Å². The van der Waals surface area contributed by atoms with Gasteiger partial charge in [0.1, 0.15) is 0 Å². The summed E-state index contributed by atoms with van der Waals surface area (Å²) in [4.78, 5) is 2.46. The summed E-state index contributed by atoms with van der Waals surface area (Å²) in [7, 11) is 2.24. The van der Waals surface area contributed by atoms with Crippen molar-refractivity contribution in [2.24, 2.45) is 5.73 Å². The molecule has 1 saturated heterocycles. The van der Waals surface area contributed by atoms with Crippen LogP contribution in [0.15, 0.2) is 24.3 Å². The molecule has 18 heavy (non-hydrogen) atoms. The fraction of sp³-hybridized carbons (Fsp3) is 0.625. The maximum atomic E-state index is 5.59. The fourth-order valence-electron chi connectivity index (χ4n) is 2.88. The molecule has 0 bridgehead atoms. The van der Waals surface area contributed by atoms with Crippen LogP contribution >= 0.6 is 0 Å². The molecular weight excluding hydrogens is 220 g/mol. The van der Waals surface area contributed by atoms with E-state index in [4.69, 9.17) is 5.73 Å². The first kappa shape index (κ1) is 13.6. The number of benzene rings is 1. The number of aryl methyl sites for hydroxylation is 1. The number of likely N-dealkylation sites (tertiary alicyclic amines) is 1. The van der Waals surface area contributed by atoms with Crippen molar-refractivity contribution in [2.45, 2.75) is 38.0 Å². The molecule has 1 aliphatic rings. The Morgan fingerprint density at radius 3 is 3.00 bits per heavy atom. The lowest BCUT2D eigenvalue weighted by Gasteiger charge is -2.16. The van der Waals surface area contributed by atoms with Gasteiger partial charge in [0, 0.05) is 0 Å². The van der Waals surface area contributed by atoms with Crippen molar-refractivity contribution in [1.29, 1.82) is 0 Å². The Hall–Kier alpha value is -0.860. The van der Waals surface area contributed by atoms with Crippen LogP contribution in [0.2, 0.25) is 0 Å². The topological polar surface area (TPSA) is 29.3 Å². The number of hydrogen-bond acceptors (Lipinski definition) is 2. The summed E-state index contributed by atoms with van der Waals surface area (Å²) in [6.45, 7) is 3.28. The van der Waals surface area contributed by atoms with E-state index in [0.29, 0.717) is 0 Å². The van der Waals surface area contributed by atoms with Crippen molar-refractivity contribution in [2.75, 3.05) is 26.7 Å². The molecule has 2 nitrogen and oxygen atoms in total. The lowest BCUT2D eigenvalue weighted by Crippen LogP contribution is -2.18. The van der Waals surface area contributed by atoms with Gasteiger partial charge in [0.15, 0.2) is 0 Å². The van der Waals surface area contributed by atoms with Crippen LogP contribution in [0.5, 0.6) is 0 Å². The monoisotopic (exact) mass is 246 g/mol. The van der Waals surface area contributed by atoms with E-state index in [1.807, 2.05) is 0 Å². The van der Waals surface area contributed by atoms with Crippen molar-refractivity contribution in [1.82, 2.24) is 4.90 Å². The molecule has 1 atom stereocenters. The van der Waals surface area contributed by atoms with E-state index in [0.717, 1.165) is 25.3 Å². The minimum atomic E-state index is 0.757. The molecule has 2 N–H and O–H groups in total. The Balaban J connectivity index is 2.02. The third-order valence-corrected chi connectivity index (χ3v) is 4.04. The maximum absolute atomic E-state index is 5.59. The molecule has 2 rings (SSSR count). The standard InChI is InChI=1S/C16H26N2/c1-18-11-4-8-15(9-12-18)16-7-2-5-14(13-16)6-3-10-17/h2,5,7,13,15H,3-4,6,8-12,17H2,1H3. The van der Waals surface area contributed by atoms with E-state index in [1.165, 1.54) is 37.9 Å². The van der Waals surface area contributed by atoms with E-state index in [2.05, 4.69) is 36.2 Å². The summed E-state index contributed by atoms with van der Waals surface area (Å²) < 4.78 is 0. The SMILES string of the molecule is CN1CCCC(c2cccc(CCCN)c2)CC1. The van der Waals surface area contributed by atoms with Gasteiger partial charge >= 0.3 is 0 Å². The summed E-state index contributed by atoms with van der Waals surface area (Å²) in [5.41, 5.74) is 8.58. The highest BCUT2D eigenvalue weighted by molar-refractivity contribution is 5.26. The molecule has 0 amide bonds. The lowest BCUT2D eigenvalue weighted by atomic mass is 9.90. The smallest absolute Gasteiger partial charge is 0.00160 e. The molecule has 0 saturated carbocycles. The number of hydrogen-bond donors (Lipinski definition) is 1. The largest absolute Gasteiger partial charge is 0.330 e. The summed E-state index contributed by atoms with van der Waals surface area (Å²) in [6, 6.07) is 9.17. The Morgan fingerprint density at radius 2 is 2.17 bits per heavy atom. The molecule has 1 aromatic rings. The molecule has 1 aromatic carbocycles. The highest BCUT2D eigenvalue weighted by atomic mass is 15.1. The van der Waals surface area contributed by atoms with E-state index < -0.39 is 0 Å². The molecule has 1 aliphatic heterocycles. The first-order chi connectivity index (χ1) is 8.79. The van der Waals surface area contributed by atoms with Crippen LogP contribution in [0, 0.1) is 0 Å². The Labute approximate surface area is 111 Å². The molecule has 100 valence electrons. The van der Waals surface area contributed by atoms with Crippen molar-refractivity contribution in [3.8, 4) is 0 Å². The van der Waals surface area contributed by atoms with Crippen molar-refractivity contribution in [3.63, 3.8) is 0 Å². The van der Waals surface area contributed by atoms with E-state index in [9.17, 15) is 0 Å². The second kappa shape index (κ2) is 6.91. The third-order valence-electron chi connectivity index (χ3n) is 4.04. The predicted molar refractivity (Wildman–Crippen MR) is 77.9 cm³/mol. The van der Waals surface area contributed by atoms with Gasteiger partial charge in [-0.25, -0.2) is 0 Å². The average Bonchev–Trinajstić information content (AvgIpc) is 2.61. The normalized spacial score (nSPS) is 21.8. The van der Waals surface area contributed by atoms with Crippen LogP contribution < -0.4 is 5.73 Å². The van der Waals surface area contributed by atoms with Crippen LogP contribution in [0.3, 0.4) is 0 Å². The zero-order valence-electron chi connectivity index (χ0n) is 11.6. The Bertz CT molecular complexity index is 362. The maximum Gasteiger partial charge on any atom is -0.00160 e. The lowest BCUT2D eigenvalue weighted by molar-refractivity contribution is 0.347. The Morgan fingerprint density at radius 1 is 1.28 bits per heavy atom. The molecule has 2 heteroatoms. The highest BCUT2D eigenvalue weighted by Gasteiger charge is 2.16. The van der Waals surface area contributed by atoms with Crippen molar-refractivity contribution < 1.29 is 0 Å². The van der Waals surface area contributed by atoms with Crippen LogP contribution in [0.1, 0.15) is 42.7 Å². The van der Waals surface area contributed by atoms with Gasteiger partial charge in [-0.3, -0.25) is 0 Å². The van der Waals surface area contributed by atoms with Crippen LogP contribution in [-0.4, -0.2) is 31.6 Å². The zero-order chi connectivity index (χ0) is 12.8. The Kier molecular flexibility index (Phi) is 5.21. The fourth-order valence-corrected chi connectivity index (χ4v) is 2.88. The van der Waals surface area contributed by atoms with Gasteiger partial charge in [0.2, 0.25) is 0 Å². The summed E-state index contributed by atoms with van der Waals surface area (Å²) in [5.74, 6) is 0.757. The molecular formula is C16H26N2. The first-order valence-corrected chi connectivity index (χ1v) is 7.27. The summed E-state index contributed by atoms with van der Waals surface area (Å²) in [5, 5.41) is 0. The predicted octanol–water partition coefficient (Wildman–Crippen LogP) is 2.78. The second-order valence-corrected chi connectivity index (χ2v) is 5.57. The van der Waals surface area contributed by atoms with Gasteiger partial charge in [-0.1, -0.05) is 24.3 Å². The molecule has 1 heterocycles. The van der Waals surface area contributed by atoms with Crippen molar-refractivity contribution in [3.05, 3.63) is 35.4 Å². The van der Waals surface area contributed by atoms with Crippen molar-refractivity contribution >= 4 is 0 Å². The number of nitrogens with zero attached hydrogens (tertiary/aromatic N) is 1. The molecule has 0 aliphatic carbocycles. The van der Waals surface area contributed by atoms with Gasteiger partial charge in [-0.15, -0.1) is 0 Å². The third kappa shape index (κ3) is 3.82. The minimum Gasteiger partial charge on any atom is -0.330 e. The molecule has 0 aromatic heterocycles. The highest BCUT2D eigenvalue weighted by Crippen LogP contribution is 2.28. The zero-order valence-corrected chi connectivity index (χ0v) is 11.6. The van der Waals surface area contributed by atoms with Gasteiger partial charge in [-0.05, 0) is 75.8 Å². The van der Waals surface area contributed by atoms with E-state index >= 15 is 0 Å². The molecule has 0 radical (unpaired) electrons. The quantitative estimate of drug-likeness (QED) is 0.885. The summed E-state index contributed by atoms with van der Waals surface area (Å²) in [6.07, 6.45) is 6.18. The van der Waals surface area contributed by atoms with Gasteiger partial charge in [0.05, 0.1) is 0 Å². The van der Waals surface area contributed by atoms with Crippen LogP contribution in [0.4, 0.5) is 0 Å². The van der Waals surface area contributed by atoms with Gasteiger partial charge in [0.25, 0.3) is 0 Å². The van der Waals surface area contributed by atoms with Gasteiger partial charge < -0.3 is 10.6 Å². The first-order valence-electron chi connectivity index (χ1n) is 7.27. The molecule has 1 fully saturated rings. The summed E-state index contributed by atoms with van der Waals surface area (Å²) >= 11 is 0. The van der Waals surface area contributed by atoms with Crippen LogP contribution in [-0.2, 0) is 6.42 Å². The van der Waals surface area contributed by atoms with E-state index in [-0.39, 0.29) is 0 Å². The second-order valence-electron chi connectivity index (χ2n) is 5.57. The average molecular weight is 246 g/mol. The molecule has 1 unspecified atom stereocenters. The van der Waals surface area contributed by atoms with Gasteiger partial charge in [-0.2, -0.15) is 0 Å². The van der Waals surface area contributed by atoms with Crippen LogP contribution in [0.25, 0.3) is 0 Å². The number of nitrogens with two attached hydrogens (primary N) is 1.